The van der Waals surface area contributed by atoms with Crippen molar-refractivity contribution >= 4 is 11.6 Å². The largest absolute Gasteiger partial charge is 0.244 e. The maximum Gasteiger partial charge on any atom is 0.244 e. The summed E-state index contributed by atoms with van der Waals surface area (Å²) < 4.78 is 17.2. The Hall–Kier alpha value is -1.79. The lowest BCUT2D eigenvalue weighted by atomic mass is 10.2. The normalized spacial score (nSPS) is 10.2. The molecule has 2 aromatic rings. The first kappa shape index (κ1) is 11.7. The summed E-state index contributed by atoms with van der Waals surface area (Å²) in [6, 6.07) is 4.68. The fourth-order valence-corrected chi connectivity index (χ4v) is 1.82. The molecule has 0 N–H and O–H groups in total. The van der Waals surface area contributed by atoms with Gasteiger partial charge < -0.3 is 0 Å². The van der Waals surface area contributed by atoms with Gasteiger partial charge >= 0.3 is 0 Å². The van der Waals surface area contributed by atoms with Gasteiger partial charge in [-0.2, -0.15) is 0 Å². The number of hydrogen-bond acceptors (Lipinski definition) is 0. The Morgan fingerprint density at radius 1 is 1.47 bits per heavy atom. The summed E-state index contributed by atoms with van der Waals surface area (Å²) in [5.41, 5.74) is 0.484. The lowest BCUT2D eigenvalue weighted by Gasteiger charge is -2.02. The minimum absolute atomic E-state index is 0.297. The summed E-state index contributed by atoms with van der Waals surface area (Å²) in [5.74, 6) is 2.24. The number of benzene rings is 1. The lowest BCUT2D eigenvalue weighted by molar-refractivity contribution is -0.688. The fraction of sp³-hybridized carbons (Fsp3) is 0.154. The van der Waals surface area contributed by atoms with Gasteiger partial charge in [0, 0.05) is 5.56 Å². The maximum atomic E-state index is 13.6. The number of imidazole rings is 1. The van der Waals surface area contributed by atoms with Crippen LogP contribution in [0.2, 0.25) is 5.02 Å². The van der Waals surface area contributed by atoms with Crippen LogP contribution in [0.3, 0.4) is 0 Å². The van der Waals surface area contributed by atoms with Gasteiger partial charge in [-0.05, 0) is 12.1 Å². The highest BCUT2D eigenvalue weighted by Crippen LogP contribution is 2.18. The van der Waals surface area contributed by atoms with Crippen LogP contribution in [-0.4, -0.2) is 4.57 Å². The number of hydrogen-bond donors (Lipinski definition) is 0. The van der Waals surface area contributed by atoms with E-state index in [9.17, 15) is 4.39 Å². The molecule has 0 aliphatic rings. The molecular weight excluding hydrogens is 239 g/mol. The average Bonchev–Trinajstić information content (AvgIpc) is 2.72. The predicted molar refractivity (Wildman–Crippen MR) is 64.0 cm³/mol. The van der Waals surface area contributed by atoms with Crippen LogP contribution >= 0.6 is 11.6 Å². The minimum atomic E-state index is -0.297. The Morgan fingerprint density at radius 2 is 2.29 bits per heavy atom. The van der Waals surface area contributed by atoms with Crippen LogP contribution in [0.5, 0.6) is 0 Å². The standard InChI is InChI=1S/C13H11ClFN2/c1-2-6-16-7-8-17(10-16)9-11-12(14)4-3-5-13(11)15/h1,3-5,7-8,10H,6,9H2/q+1. The fourth-order valence-electron chi connectivity index (χ4n) is 1.60. The molecule has 1 heterocycles. The summed E-state index contributed by atoms with van der Waals surface area (Å²) in [4.78, 5) is 0. The molecule has 1 aromatic heterocycles. The molecular formula is C13H11ClFN2+. The zero-order chi connectivity index (χ0) is 12.3. The van der Waals surface area contributed by atoms with E-state index in [0.717, 1.165) is 0 Å². The zero-order valence-corrected chi connectivity index (χ0v) is 9.86. The third-order valence-electron chi connectivity index (χ3n) is 2.42. The SMILES string of the molecule is C#CCn1cc[n+](Cc2c(F)cccc2Cl)c1. The summed E-state index contributed by atoms with van der Waals surface area (Å²) >= 11 is 5.95. The Morgan fingerprint density at radius 3 is 3.00 bits per heavy atom. The first-order valence-corrected chi connectivity index (χ1v) is 5.49. The van der Waals surface area contributed by atoms with E-state index in [1.54, 1.807) is 12.1 Å². The maximum absolute atomic E-state index is 13.6. The first-order valence-electron chi connectivity index (χ1n) is 5.12. The Balaban J connectivity index is 2.23. The van der Waals surface area contributed by atoms with Gasteiger partial charge in [-0.1, -0.05) is 23.6 Å². The van der Waals surface area contributed by atoms with E-state index in [-0.39, 0.29) is 5.82 Å². The summed E-state index contributed by atoms with van der Waals surface area (Å²) in [5, 5.41) is 0.433. The molecule has 0 saturated heterocycles. The van der Waals surface area contributed by atoms with Gasteiger partial charge in [-0.25, -0.2) is 13.5 Å². The summed E-state index contributed by atoms with van der Waals surface area (Å²) in [6.07, 6.45) is 10.7. The van der Waals surface area contributed by atoms with Crippen molar-refractivity contribution in [3.63, 3.8) is 0 Å². The van der Waals surface area contributed by atoms with E-state index >= 15 is 0 Å². The lowest BCUT2D eigenvalue weighted by Crippen LogP contribution is -2.32. The van der Waals surface area contributed by atoms with Crippen molar-refractivity contribution in [2.24, 2.45) is 0 Å². The van der Waals surface area contributed by atoms with Crippen LogP contribution < -0.4 is 4.57 Å². The van der Waals surface area contributed by atoms with Crippen molar-refractivity contribution in [3.05, 3.63) is 53.3 Å². The Kier molecular flexibility index (Phi) is 3.46. The van der Waals surface area contributed by atoms with Crippen LogP contribution in [0, 0.1) is 18.2 Å². The van der Waals surface area contributed by atoms with Crippen molar-refractivity contribution in [1.82, 2.24) is 4.57 Å². The Labute approximate surface area is 104 Å². The van der Waals surface area contributed by atoms with Crippen molar-refractivity contribution in [2.75, 3.05) is 0 Å². The topological polar surface area (TPSA) is 8.81 Å². The second-order valence-corrected chi connectivity index (χ2v) is 4.07. The zero-order valence-electron chi connectivity index (χ0n) is 9.11. The van der Waals surface area contributed by atoms with Gasteiger partial charge in [-0.15, -0.1) is 6.42 Å². The van der Waals surface area contributed by atoms with Crippen LogP contribution in [0.4, 0.5) is 4.39 Å². The molecule has 0 fully saturated rings. The first-order chi connectivity index (χ1) is 8.20. The Bertz CT molecular complexity index is 549. The van der Waals surface area contributed by atoms with Gasteiger partial charge in [0.2, 0.25) is 6.33 Å². The monoisotopic (exact) mass is 249 g/mol. The molecule has 17 heavy (non-hydrogen) atoms. The van der Waals surface area contributed by atoms with Crippen LogP contribution in [0.15, 0.2) is 36.9 Å². The molecule has 2 nitrogen and oxygen atoms in total. The van der Waals surface area contributed by atoms with Crippen LogP contribution in [0.1, 0.15) is 5.56 Å². The summed E-state index contributed by atoms with van der Waals surface area (Å²) in [6.45, 7) is 0.890. The molecule has 1 aromatic carbocycles. The third kappa shape index (κ3) is 2.66. The molecule has 0 aliphatic heterocycles. The second kappa shape index (κ2) is 5.03. The molecule has 0 radical (unpaired) electrons. The highest BCUT2D eigenvalue weighted by Gasteiger charge is 2.11. The van der Waals surface area contributed by atoms with Crippen molar-refractivity contribution in [3.8, 4) is 12.3 Å². The molecule has 0 saturated carbocycles. The molecule has 0 unspecified atom stereocenters. The van der Waals surface area contributed by atoms with E-state index in [1.165, 1.54) is 6.07 Å². The second-order valence-electron chi connectivity index (χ2n) is 3.66. The van der Waals surface area contributed by atoms with E-state index in [1.807, 2.05) is 27.9 Å². The molecule has 2 rings (SSSR count). The van der Waals surface area contributed by atoms with E-state index in [4.69, 9.17) is 18.0 Å². The van der Waals surface area contributed by atoms with Crippen molar-refractivity contribution < 1.29 is 8.96 Å². The molecule has 4 heteroatoms. The van der Waals surface area contributed by atoms with Crippen LogP contribution in [0.25, 0.3) is 0 Å². The van der Waals surface area contributed by atoms with Gasteiger partial charge in [0.15, 0.2) is 6.54 Å². The van der Waals surface area contributed by atoms with Crippen molar-refractivity contribution in [1.29, 1.82) is 0 Å². The summed E-state index contributed by atoms with van der Waals surface area (Å²) in [7, 11) is 0. The molecule has 86 valence electrons. The number of nitrogens with zero attached hydrogens (tertiary/aromatic N) is 2. The van der Waals surface area contributed by atoms with E-state index in [2.05, 4.69) is 5.92 Å². The molecule has 0 aliphatic carbocycles. The van der Waals surface area contributed by atoms with E-state index < -0.39 is 0 Å². The minimum Gasteiger partial charge on any atom is -0.232 e. The number of rotatable bonds is 3. The molecule has 0 amide bonds. The van der Waals surface area contributed by atoms with Gasteiger partial charge in [0.1, 0.15) is 24.8 Å². The average molecular weight is 250 g/mol. The molecule has 0 bridgehead atoms. The van der Waals surface area contributed by atoms with Crippen molar-refractivity contribution in [2.45, 2.75) is 13.1 Å². The van der Waals surface area contributed by atoms with Gasteiger partial charge in [0.05, 0.1) is 5.02 Å². The highest BCUT2D eigenvalue weighted by atomic mass is 35.5. The smallest absolute Gasteiger partial charge is 0.232 e. The molecule has 0 spiro atoms. The van der Waals surface area contributed by atoms with Gasteiger partial charge in [0.25, 0.3) is 0 Å². The highest BCUT2D eigenvalue weighted by molar-refractivity contribution is 6.31. The molecule has 0 atom stereocenters. The van der Waals surface area contributed by atoms with Crippen LogP contribution in [-0.2, 0) is 13.1 Å². The number of aromatic nitrogens is 2. The van der Waals surface area contributed by atoms with E-state index in [0.29, 0.717) is 23.7 Å². The van der Waals surface area contributed by atoms with Gasteiger partial charge in [-0.3, -0.25) is 0 Å². The number of terminal acetylenes is 1. The predicted octanol–water partition coefficient (Wildman–Crippen LogP) is 2.25. The quantitative estimate of drug-likeness (QED) is 0.583. The number of halogens is 2. The third-order valence-corrected chi connectivity index (χ3v) is 2.78.